The number of halogens is 3. The van der Waals surface area contributed by atoms with Crippen molar-refractivity contribution in [3.63, 3.8) is 0 Å². The summed E-state index contributed by atoms with van der Waals surface area (Å²) in [6.45, 7) is 3.60. The van der Waals surface area contributed by atoms with Crippen LogP contribution in [0, 0.1) is 11.8 Å². The number of nitrogens with two attached hydrogens (primary N) is 1. The van der Waals surface area contributed by atoms with Gasteiger partial charge < -0.3 is 20.1 Å². The molecule has 232 valence electrons. The van der Waals surface area contributed by atoms with Crippen molar-refractivity contribution in [3.05, 3.63) is 46.8 Å². The molecule has 0 radical (unpaired) electrons. The molecule has 1 saturated heterocycles. The van der Waals surface area contributed by atoms with E-state index in [1.165, 1.54) is 36.6 Å². The number of anilines is 2. The molecule has 0 unspecified atom stereocenters. The third-order valence-electron chi connectivity index (χ3n) is 7.88. The summed E-state index contributed by atoms with van der Waals surface area (Å²) in [5.41, 5.74) is 1.49. The van der Waals surface area contributed by atoms with Crippen molar-refractivity contribution in [2.75, 3.05) is 50.6 Å². The van der Waals surface area contributed by atoms with E-state index in [1.807, 2.05) is 6.07 Å². The molecule has 1 aliphatic carbocycles. The van der Waals surface area contributed by atoms with E-state index in [9.17, 15) is 21.6 Å². The van der Waals surface area contributed by atoms with Gasteiger partial charge in [-0.3, -0.25) is 4.90 Å². The summed E-state index contributed by atoms with van der Waals surface area (Å²) < 4.78 is 75.7. The van der Waals surface area contributed by atoms with Gasteiger partial charge in [0.25, 0.3) is 0 Å². The van der Waals surface area contributed by atoms with Gasteiger partial charge >= 0.3 is 6.18 Å². The van der Waals surface area contributed by atoms with Crippen LogP contribution in [0.1, 0.15) is 36.1 Å². The zero-order chi connectivity index (χ0) is 30.6. The van der Waals surface area contributed by atoms with E-state index in [-0.39, 0.29) is 28.8 Å². The number of hydrogen-bond donors (Lipinski definition) is 3. The molecule has 0 spiro atoms. The summed E-state index contributed by atoms with van der Waals surface area (Å²) in [5.74, 6) is 6.12. The van der Waals surface area contributed by atoms with Crippen LogP contribution in [0.4, 0.5) is 24.5 Å². The summed E-state index contributed by atoms with van der Waals surface area (Å²) in [7, 11) is -2.51. The van der Waals surface area contributed by atoms with Gasteiger partial charge in [-0.05, 0) is 54.8 Å². The summed E-state index contributed by atoms with van der Waals surface area (Å²) in [4.78, 5) is 2.78. The second-order valence-electron chi connectivity index (χ2n) is 10.7. The highest BCUT2D eigenvalue weighted by Crippen LogP contribution is 2.40. The predicted molar refractivity (Wildman–Crippen MR) is 163 cm³/mol. The van der Waals surface area contributed by atoms with Crippen LogP contribution in [-0.2, 0) is 21.2 Å². The van der Waals surface area contributed by atoms with Crippen molar-refractivity contribution >= 4 is 42.8 Å². The molecular formula is C30H35F3N4O4S2. The number of benzene rings is 2. The van der Waals surface area contributed by atoms with Gasteiger partial charge in [-0.25, -0.2) is 13.6 Å². The molecule has 2 fully saturated rings. The highest BCUT2D eigenvalue weighted by Gasteiger charge is 2.32. The number of fused-ring (bicyclic) bond motifs is 1. The molecule has 2 aliphatic rings. The number of nitrogens with one attached hydrogen (secondary N) is 2. The molecule has 13 heteroatoms. The Labute approximate surface area is 253 Å². The summed E-state index contributed by atoms with van der Waals surface area (Å²) >= 11 is 1.27. The maximum absolute atomic E-state index is 13.7. The lowest BCUT2D eigenvalue weighted by molar-refractivity contribution is -0.126. The smallest absolute Gasteiger partial charge is 0.393 e. The van der Waals surface area contributed by atoms with Crippen LogP contribution < -0.4 is 20.5 Å². The van der Waals surface area contributed by atoms with Crippen molar-refractivity contribution in [2.24, 2.45) is 5.14 Å². The number of primary sulfonamides is 1. The average Bonchev–Trinajstić information content (AvgIpc) is 3.32. The van der Waals surface area contributed by atoms with Gasteiger partial charge in [0.1, 0.15) is 5.75 Å². The molecule has 0 bridgehead atoms. The fourth-order valence-electron chi connectivity index (χ4n) is 5.77. The summed E-state index contributed by atoms with van der Waals surface area (Å²) in [6.07, 6.45) is -1.30. The van der Waals surface area contributed by atoms with E-state index in [0.29, 0.717) is 22.0 Å². The zero-order valence-corrected chi connectivity index (χ0v) is 25.4. The third-order valence-corrected chi connectivity index (χ3v) is 9.99. The van der Waals surface area contributed by atoms with E-state index in [2.05, 4.69) is 27.4 Å². The molecule has 2 heterocycles. The van der Waals surface area contributed by atoms with Gasteiger partial charge in [-0.15, -0.1) is 11.3 Å². The Balaban J connectivity index is 1.33. The highest BCUT2D eigenvalue weighted by molar-refractivity contribution is 7.89. The number of methoxy groups -OCH3 is 1. The number of nitrogens with zero attached hydrogens (tertiary/aromatic N) is 1. The first-order valence-electron chi connectivity index (χ1n) is 14.1. The second kappa shape index (κ2) is 13.3. The summed E-state index contributed by atoms with van der Waals surface area (Å²) in [6, 6.07) is 10.4. The van der Waals surface area contributed by atoms with Gasteiger partial charge in [-0.1, -0.05) is 24.0 Å². The van der Waals surface area contributed by atoms with E-state index in [1.54, 1.807) is 12.1 Å². The molecule has 1 aliphatic heterocycles. The number of alkyl halides is 3. The lowest BCUT2D eigenvalue weighted by atomic mass is 9.89. The Kier molecular flexibility index (Phi) is 9.73. The van der Waals surface area contributed by atoms with Crippen LogP contribution in [0.15, 0.2) is 41.3 Å². The molecule has 0 atom stereocenters. The maximum atomic E-state index is 13.7. The Bertz CT molecular complexity index is 1600. The average molecular weight is 637 g/mol. The predicted octanol–water partition coefficient (Wildman–Crippen LogP) is 5.18. The highest BCUT2D eigenvalue weighted by atomic mass is 32.2. The standard InChI is InChI=1S/C30H35F3N4O4S2/c1-40-27-18-22(43(34,38)39)11-12-25(27)35-13-3-6-28-24(19-30(31,32)33)23-4-2-5-26(29(23)42-28)36-20-7-9-21(10-8-20)37-14-16-41-17-15-37/h2,4-5,11-12,18,20-21,35-36H,7-10,13-17,19H2,1H3,(H2,34,38,39). The molecule has 1 aromatic heterocycles. The zero-order valence-electron chi connectivity index (χ0n) is 23.8. The van der Waals surface area contributed by atoms with Crippen LogP contribution in [0.25, 0.3) is 10.1 Å². The molecule has 43 heavy (non-hydrogen) atoms. The van der Waals surface area contributed by atoms with Crippen LogP contribution in [0.3, 0.4) is 0 Å². The van der Waals surface area contributed by atoms with Crippen LogP contribution in [0.2, 0.25) is 0 Å². The first-order valence-corrected chi connectivity index (χ1v) is 16.5. The number of morpholine rings is 1. The number of ether oxygens (including phenoxy) is 2. The van der Waals surface area contributed by atoms with Gasteiger partial charge in [0.05, 0.1) is 59.1 Å². The Morgan fingerprint density at radius 2 is 1.86 bits per heavy atom. The number of sulfonamides is 1. The minimum Gasteiger partial charge on any atom is -0.495 e. The first kappa shape index (κ1) is 31.4. The molecule has 8 nitrogen and oxygen atoms in total. The fourth-order valence-corrected chi connectivity index (χ4v) is 7.47. The van der Waals surface area contributed by atoms with Gasteiger partial charge in [0.2, 0.25) is 10.0 Å². The fraction of sp³-hybridized carbons (Fsp3) is 0.467. The normalized spacial score (nSPS) is 19.9. The van der Waals surface area contributed by atoms with Gasteiger partial charge in [-0.2, -0.15) is 13.2 Å². The van der Waals surface area contributed by atoms with Crippen LogP contribution in [0.5, 0.6) is 5.75 Å². The Morgan fingerprint density at radius 3 is 2.53 bits per heavy atom. The molecular weight excluding hydrogens is 601 g/mol. The first-order chi connectivity index (χ1) is 20.5. The molecule has 5 rings (SSSR count). The third kappa shape index (κ3) is 7.93. The van der Waals surface area contributed by atoms with E-state index in [0.717, 1.165) is 62.4 Å². The summed E-state index contributed by atoms with van der Waals surface area (Å²) in [5, 5.41) is 12.4. The SMILES string of the molecule is COc1cc(S(N)(=O)=O)ccc1NCC#Cc1sc2c(NC3CCC(N4CCOCC4)CC3)cccc2c1CC(F)(F)F. The van der Waals surface area contributed by atoms with Crippen molar-refractivity contribution in [3.8, 4) is 17.6 Å². The lowest BCUT2D eigenvalue weighted by Crippen LogP contribution is -2.46. The van der Waals surface area contributed by atoms with Crippen molar-refractivity contribution in [1.82, 2.24) is 4.90 Å². The van der Waals surface area contributed by atoms with E-state index in [4.69, 9.17) is 14.6 Å². The topological polar surface area (TPSA) is 106 Å². The van der Waals surface area contributed by atoms with Crippen molar-refractivity contribution < 1.29 is 31.1 Å². The molecule has 1 saturated carbocycles. The van der Waals surface area contributed by atoms with Gasteiger partial charge in [0.15, 0.2) is 0 Å². The van der Waals surface area contributed by atoms with Crippen LogP contribution >= 0.6 is 11.3 Å². The van der Waals surface area contributed by atoms with Crippen molar-refractivity contribution in [1.29, 1.82) is 0 Å². The minimum atomic E-state index is -4.39. The van der Waals surface area contributed by atoms with Crippen LogP contribution in [-0.4, -0.2) is 71.5 Å². The van der Waals surface area contributed by atoms with Crippen molar-refractivity contribution in [2.45, 2.75) is 55.3 Å². The second-order valence-corrected chi connectivity index (χ2v) is 13.3. The van der Waals surface area contributed by atoms with E-state index >= 15 is 0 Å². The Morgan fingerprint density at radius 1 is 1.12 bits per heavy atom. The number of hydrogen-bond acceptors (Lipinski definition) is 8. The molecule has 4 N–H and O–H groups in total. The number of thiophene rings is 1. The quantitative estimate of drug-likeness (QED) is 0.293. The lowest BCUT2D eigenvalue weighted by Gasteiger charge is -2.39. The molecule has 3 aromatic rings. The van der Waals surface area contributed by atoms with Gasteiger partial charge in [0, 0.05) is 31.2 Å². The van der Waals surface area contributed by atoms with E-state index < -0.39 is 22.6 Å². The number of rotatable bonds is 8. The maximum Gasteiger partial charge on any atom is 0.393 e. The Hall–Kier alpha value is -3.02. The molecule has 0 amide bonds. The molecule has 2 aromatic carbocycles. The monoisotopic (exact) mass is 636 g/mol. The minimum absolute atomic E-state index is 0.0994. The largest absolute Gasteiger partial charge is 0.495 e.